The lowest BCUT2D eigenvalue weighted by Crippen LogP contribution is -1.84. The van der Waals surface area contributed by atoms with Crippen molar-refractivity contribution in [2.75, 3.05) is 0 Å². The van der Waals surface area contributed by atoms with Gasteiger partial charge in [0.2, 0.25) is 0 Å². The van der Waals surface area contributed by atoms with Crippen molar-refractivity contribution < 1.29 is 0 Å². The van der Waals surface area contributed by atoms with Gasteiger partial charge in [-0.3, -0.25) is 0 Å². The van der Waals surface area contributed by atoms with Crippen LogP contribution in [0.4, 0.5) is 0 Å². The van der Waals surface area contributed by atoms with Crippen molar-refractivity contribution in [2.45, 2.75) is 13.3 Å². The van der Waals surface area contributed by atoms with E-state index >= 15 is 0 Å². The van der Waals surface area contributed by atoms with Crippen molar-refractivity contribution in [3.8, 4) is 0 Å². The second kappa shape index (κ2) is 3.71. The standard InChI is InChI=1S/C11H10NS/c1-9-2-4-10(5-3-9)6-11-7-12-8-13-11/h2-5,7H,6H2,1H3. The lowest BCUT2D eigenvalue weighted by atomic mass is 10.1. The van der Waals surface area contributed by atoms with Gasteiger partial charge in [-0.25, -0.2) is 4.98 Å². The van der Waals surface area contributed by atoms with Crippen molar-refractivity contribution in [3.05, 3.63) is 52.0 Å². The summed E-state index contributed by atoms with van der Waals surface area (Å²) in [6, 6.07) is 8.60. The third-order valence-electron chi connectivity index (χ3n) is 1.94. The highest BCUT2D eigenvalue weighted by molar-refractivity contribution is 7.09. The van der Waals surface area contributed by atoms with Crippen LogP contribution >= 0.6 is 11.3 Å². The zero-order valence-corrected chi connectivity index (χ0v) is 8.27. The number of hydrogen-bond donors (Lipinski definition) is 0. The fraction of sp³-hybridized carbons (Fsp3) is 0.182. The molecular formula is C11H10NS. The van der Waals surface area contributed by atoms with Crippen LogP contribution in [0.15, 0.2) is 30.5 Å². The molecule has 1 nitrogen and oxygen atoms in total. The highest BCUT2D eigenvalue weighted by atomic mass is 32.1. The van der Waals surface area contributed by atoms with Gasteiger partial charge >= 0.3 is 0 Å². The van der Waals surface area contributed by atoms with E-state index in [-0.39, 0.29) is 0 Å². The second-order valence-electron chi connectivity index (χ2n) is 3.08. The predicted molar refractivity (Wildman–Crippen MR) is 54.9 cm³/mol. The Morgan fingerprint density at radius 3 is 2.69 bits per heavy atom. The van der Waals surface area contributed by atoms with Crippen LogP contribution in [-0.4, -0.2) is 4.98 Å². The monoisotopic (exact) mass is 188 g/mol. The van der Waals surface area contributed by atoms with Crippen molar-refractivity contribution in [1.82, 2.24) is 4.98 Å². The average Bonchev–Trinajstić information content (AvgIpc) is 2.62. The van der Waals surface area contributed by atoms with Crippen molar-refractivity contribution in [2.24, 2.45) is 0 Å². The van der Waals surface area contributed by atoms with Gasteiger partial charge in [0.05, 0.1) is 0 Å². The van der Waals surface area contributed by atoms with Crippen LogP contribution in [0.3, 0.4) is 0 Å². The van der Waals surface area contributed by atoms with E-state index in [1.807, 2.05) is 6.20 Å². The number of thiazole rings is 1. The fourth-order valence-corrected chi connectivity index (χ4v) is 1.77. The molecule has 2 heteroatoms. The molecule has 0 aliphatic heterocycles. The summed E-state index contributed by atoms with van der Waals surface area (Å²) in [5, 5.41) is 0. The van der Waals surface area contributed by atoms with Crippen LogP contribution in [0.5, 0.6) is 0 Å². The maximum absolute atomic E-state index is 3.93. The summed E-state index contributed by atoms with van der Waals surface area (Å²) in [4.78, 5) is 5.20. The van der Waals surface area contributed by atoms with Gasteiger partial charge in [-0.05, 0) is 12.5 Å². The Balaban J connectivity index is 2.15. The second-order valence-corrected chi connectivity index (χ2v) is 3.99. The molecule has 0 aliphatic carbocycles. The Morgan fingerprint density at radius 2 is 2.08 bits per heavy atom. The highest BCUT2D eigenvalue weighted by Gasteiger charge is 1.96. The third-order valence-corrected chi connectivity index (χ3v) is 2.65. The maximum atomic E-state index is 3.93. The minimum atomic E-state index is 0.974. The minimum absolute atomic E-state index is 0.974. The van der Waals surface area contributed by atoms with Gasteiger partial charge in [-0.2, -0.15) is 0 Å². The molecule has 1 aromatic heterocycles. The minimum Gasteiger partial charge on any atom is -0.242 e. The van der Waals surface area contributed by atoms with Crippen molar-refractivity contribution >= 4 is 11.3 Å². The van der Waals surface area contributed by atoms with E-state index in [9.17, 15) is 0 Å². The average molecular weight is 188 g/mol. The zero-order valence-electron chi connectivity index (χ0n) is 7.45. The van der Waals surface area contributed by atoms with Gasteiger partial charge in [-0.15, -0.1) is 11.3 Å². The van der Waals surface area contributed by atoms with Crippen LogP contribution in [0.2, 0.25) is 0 Å². The quantitative estimate of drug-likeness (QED) is 0.706. The molecule has 2 rings (SSSR count). The molecule has 1 radical (unpaired) electrons. The van der Waals surface area contributed by atoms with Crippen molar-refractivity contribution in [3.63, 3.8) is 0 Å². The summed E-state index contributed by atoms with van der Waals surface area (Å²) in [5.41, 5.74) is 5.49. The molecule has 2 aromatic rings. The SMILES string of the molecule is Cc1ccc(Cc2cn[c]s2)cc1. The third kappa shape index (κ3) is 2.16. The summed E-state index contributed by atoms with van der Waals surface area (Å²) in [7, 11) is 0. The van der Waals surface area contributed by atoms with E-state index in [0.29, 0.717) is 0 Å². The Kier molecular flexibility index (Phi) is 2.41. The first-order valence-electron chi connectivity index (χ1n) is 4.21. The Bertz CT molecular complexity index is 361. The molecule has 0 spiro atoms. The van der Waals surface area contributed by atoms with Crippen LogP contribution in [0.25, 0.3) is 0 Å². The van der Waals surface area contributed by atoms with Crippen molar-refractivity contribution in [1.29, 1.82) is 0 Å². The van der Waals surface area contributed by atoms with Crippen LogP contribution < -0.4 is 0 Å². The Hall–Kier alpha value is -1.15. The van der Waals surface area contributed by atoms with Gasteiger partial charge < -0.3 is 0 Å². The highest BCUT2D eigenvalue weighted by Crippen LogP contribution is 2.12. The van der Waals surface area contributed by atoms with E-state index < -0.39 is 0 Å². The number of rotatable bonds is 2. The maximum Gasteiger partial charge on any atom is 0.152 e. The molecule has 65 valence electrons. The largest absolute Gasteiger partial charge is 0.242 e. The molecule has 0 saturated carbocycles. The zero-order chi connectivity index (χ0) is 9.10. The molecular weight excluding hydrogens is 178 g/mol. The molecule has 0 N–H and O–H groups in total. The molecule has 13 heavy (non-hydrogen) atoms. The molecule has 0 unspecified atom stereocenters. The first kappa shape index (κ1) is 8.45. The van der Waals surface area contributed by atoms with Crippen LogP contribution in [0, 0.1) is 12.4 Å². The Morgan fingerprint density at radius 1 is 1.31 bits per heavy atom. The number of benzene rings is 1. The van der Waals surface area contributed by atoms with E-state index in [1.165, 1.54) is 16.0 Å². The molecule has 0 amide bonds. The van der Waals surface area contributed by atoms with Crippen LogP contribution in [-0.2, 0) is 6.42 Å². The number of nitrogens with zero attached hydrogens (tertiary/aromatic N) is 1. The van der Waals surface area contributed by atoms with Gasteiger partial charge in [0, 0.05) is 17.5 Å². The number of aromatic nitrogens is 1. The van der Waals surface area contributed by atoms with E-state index in [4.69, 9.17) is 0 Å². The first-order valence-corrected chi connectivity index (χ1v) is 5.02. The lowest BCUT2D eigenvalue weighted by molar-refractivity contribution is 1.21. The smallest absolute Gasteiger partial charge is 0.152 e. The van der Waals surface area contributed by atoms with Gasteiger partial charge in [0.25, 0.3) is 0 Å². The van der Waals surface area contributed by atoms with Gasteiger partial charge in [-0.1, -0.05) is 29.8 Å². The molecule has 1 heterocycles. The number of hydrogen-bond acceptors (Lipinski definition) is 2. The summed E-state index contributed by atoms with van der Waals surface area (Å²) in [5.74, 6) is 0. The predicted octanol–water partition coefficient (Wildman–Crippen LogP) is 2.84. The van der Waals surface area contributed by atoms with Gasteiger partial charge in [0.1, 0.15) is 0 Å². The summed E-state index contributed by atoms with van der Waals surface area (Å²) >= 11 is 1.59. The molecule has 0 saturated heterocycles. The topological polar surface area (TPSA) is 12.9 Å². The molecule has 0 fully saturated rings. The normalized spacial score (nSPS) is 10.2. The number of aryl methyl sites for hydroxylation is 1. The fourth-order valence-electron chi connectivity index (χ4n) is 1.20. The van der Waals surface area contributed by atoms with Crippen LogP contribution in [0.1, 0.15) is 16.0 Å². The molecule has 1 aromatic carbocycles. The van der Waals surface area contributed by atoms with Gasteiger partial charge in [0.15, 0.2) is 5.51 Å². The summed E-state index contributed by atoms with van der Waals surface area (Å²) < 4.78 is 0. The Labute approximate surface area is 82.1 Å². The first-order chi connectivity index (χ1) is 6.34. The molecule has 0 atom stereocenters. The molecule has 0 aliphatic rings. The van der Waals surface area contributed by atoms with E-state index in [0.717, 1.165) is 6.42 Å². The summed E-state index contributed by atoms with van der Waals surface area (Å²) in [6.45, 7) is 2.10. The summed E-state index contributed by atoms with van der Waals surface area (Å²) in [6.07, 6.45) is 2.85. The van der Waals surface area contributed by atoms with E-state index in [2.05, 4.69) is 41.7 Å². The molecule has 0 bridgehead atoms. The lowest BCUT2D eigenvalue weighted by Gasteiger charge is -1.98. The van der Waals surface area contributed by atoms with E-state index in [1.54, 1.807) is 11.3 Å².